The van der Waals surface area contributed by atoms with E-state index >= 15 is 0 Å². The van der Waals surface area contributed by atoms with Gasteiger partial charge < -0.3 is 25.4 Å². The van der Waals surface area contributed by atoms with Crippen molar-refractivity contribution in [3.63, 3.8) is 0 Å². The number of nitrogens with two attached hydrogens (primary N) is 1. The van der Waals surface area contributed by atoms with Crippen molar-refractivity contribution in [1.82, 2.24) is 30.3 Å². The molecule has 0 spiro atoms. The molecule has 0 radical (unpaired) electrons. The van der Waals surface area contributed by atoms with Crippen LogP contribution in [0, 0.1) is 11.8 Å². The van der Waals surface area contributed by atoms with Crippen molar-refractivity contribution in [2.45, 2.75) is 40.5 Å². The lowest BCUT2D eigenvalue weighted by Crippen LogP contribution is -2.28. The number of nitrogens with one attached hydrogen (secondary N) is 3. The molecule has 10 heteroatoms. The Labute approximate surface area is 248 Å². The van der Waals surface area contributed by atoms with E-state index < -0.39 is 0 Å². The first-order valence-electron chi connectivity index (χ1n) is 14.6. The molecule has 4 rings (SSSR count). The second-order valence-electron chi connectivity index (χ2n) is 11.0. The smallest absolute Gasteiger partial charge is 0.228 e. The van der Waals surface area contributed by atoms with Crippen LogP contribution in [0.25, 0.3) is 28.3 Å². The Bertz CT molecular complexity index is 1330. The number of benzene rings is 2. The summed E-state index contributed by atoms with van der Waals surface area (Å²) in [5.41, 5.74) is 3.56. The maximum absolute atomic E-state index is 6.41. The van der Waals surface area contributed by atoms with Crippen molar-refractivity contribution in [3.05, 3.63) is 78.6 Å². The highest BCUT2D eigenvalue weighted by Crippen LogP contribution is 2.32. The summed E-state index contributed by atoms with van der Waals surface area (Å²) in [6.07, 6.45) is 3.20. The van der Waals surface area contributed by atoms with Crippen molar-refractivity contribution in [2.24, 2.45) is 17.7 Å². The maximum atomic E-state index is 6.41. The summed E-state index contributed by atoms with van der Waals surface area (Å²) in [5.74, 6) is 10.3. The molecule has 2 aromatic carbocycles. The van der Waals surface area contributed by atoms with Crippen LogP contribution in [0.15, 0.2) is 71.3 Å². The number of hydrogen-bond donors (Lipinski definition) is 4. The fourth-order valence-electron chi connectivity index (χ4n) is 4.17. The minimum absolute atomic E-state index is 0.451. The van der Waals surface area contributed by atoms with Gasteiger partial charge in [-0.1, -0.05) is 88.4 Å². The van der Waals surface area contributed by atoms with E-state index in [2.05, 4.69) is 70.7 Å². The molecule has 0 unspecified atom stereocenters. The molecule has 10 nitrogen and oxygen atoms in total. The van der Waals surface area contributed by atoms with E-state index in [1.807, 2.05) is 61.8 Å². The summed E-state index contributed by atoms with van der Waals surface area (Å²) in [7, 11) is 1.83. The lowest BCUT2D eigenvalue weighted by molar-refractivity contribution is 0.375. The predicted octanol–water partition coefficient (Wildman–Crippen LogP) is 5.66. The topological polar surface area (TPSA) is 130 Å². The molecule has 0 saturated carbocycles. The van der Waals surface area contributed by atoms with E-state index in [9.17, 15) is 0 Å². The number of aromatic nitrogens is 4. The Hall–Kier alpha value is -4.44. The maximum Gasteiger partial charge on any atom is 0.228 e. The fraction of sp³-hybridized carbons (Fsp3) is 0.375. The molecule has 0 aliphatic rings. The molecule has 42 heavy (non-hydrogen) atoms. The molecule has 0 amide bonds. The molecule has 2 aromatic heterocycles. The summed E-state index contributed by atoms with van der Waals surface area (Å²) in [6.45, 7) is 10.7. The molecule has 0 aliphatic heterocycles. The molecule has 0 saturated heterocycles. The Morgan fingerprint density at radius 3 is 1.95 bits per heavy atom. The summed E-state index contributed by atoms with van der Waals surface area (Å²) in [6, 6.07) is 20.2. The lowest BCUT2D eigenvalue weighted by Gasteiger charge is -2.17. The number of hydrazine groups is 1. The first-order valence-corrected chi connectivity index (χ1v) is 14.6. The third-order valence-corrected chi connectivity index (χ3v) is 6.34. The van der Waals surface area contributed by atoms with Crippen LogP contribution in [0.3, 0.4) is 0 Å². The molecular weight excluding hydrogens is 526 g/mol. The van der Waals surface area contributed by atoms with Gasteiger partial charge in [-0.05, 0) is 18.3 Å². The SMILES string of the molecule is CN/C(=C\N(N)CCCc1nc(-c2ccccc2)c(-c2ccccc2)o1)c1nc(NCC(C)C)nc(NCC(C)C)n1. The predicted molar refractivity (Wildman–Crippen MR) is 170 cm³/mol. The molecular formula is C32H43N9O. The average molecular weight is 570 g/mol. The van der Waals surface area contributed by atoms with Crippen LogP contribution >= 0.6 is 0 Å². The Balaban J connectivity index is 1.47. The van der Waals surface area contributed by atoms with Gasteiger partial charge in [0.15, 0.2) is 17.5 Å². The lowest BCUT2D eigenvalue weighted by atomic mass is 10.1. The highest BCUT2D eigenvalue weighted by atomic mass is 16.4. The number of oxazole rings is 1. The first-order chi connectivity index (χ1) is 20.3. The van der Waals surface area contributed by atoms with E-state index in [-0.39, 0.29) is 0 Å². The second-order valence-corrected chi connectivity index (χ2v) is 11.0. The highest BCUT2D eigenvalue weighted by molar-refractivity contribution is 5.76. The molecule has 5 N–H and O–H groups in total. The number of anilines is 2. The van der Waals surface area contributed by atoms with Crippen LogP contribution in [-0.4, -0.2) is 51.6 Å². The number of aryl methyl sites for hydroxylation is 1. The van der Waals surface area contributed by atoms with Crippen molar-refractivity contribution < 1.29 is 4.42 Å². The Kier molecular flexibility index (Phi) is 10.9. The average Bonchev–Trinajstić information content (AvgIpc) is 3.43. The van der Waals surface area contributed by atoms with Gasteiger partial charge in [-0.3, -0.25) is 0 Å². The largest absolute Gasteiger partial charge is 0.440 e. The van der Waals surface area contributed by atoms with Crippen molar-refractivity contribution >= 4 is 17.6 Å². The van der Waals surface area contributed by atoms with Gasteiger partial charge in [0.25, 0.3) is 0 Å². The van der Waals surface area contributed by atoms with Gasteiger partial charge in [0, 0.05) is 50.4 Å². The van der Waals surface area contributed by atoms with Gasteiger partial charge in [0.2, 0.25) is 11.9 Å². The summed E-state index contributed by atoms with van der Waals surface area (Å²) in [5, 5.41) is 11.4. The van der Waals surface area contributed by atoms with Gasteiger partial charge in [-0.15, -0.1) is 0 Å². The third-order valence-electron chi connectivity index (χ3n) is 6.34. The zero-order valence-electron chi connectivity index (χ0n) is 25.3. The Morgan fingerprint density at radius 1 is 0.833 bits per heavy atom. The van der Waals surface area contributed by atoms with Crippen LogP contribution in [0.2, 0.25) is 0 Å². The van der Waals surface area contributed by atoms with Crippen LogP contribution in [0.5, 0.6) is 0 Å². The first kappa shape index (κ1) is 30.5. The van der Waals surface area contributed by atoms with Gasteiger partial charge in [-0.25, -0.2) is 10.8 Å². The standard InChI is InChI=1S/C32H43N9O/c1-22(2)19-35-31-38-30(39-32(40-31)36-20-23(3)4)26(34-5)21-41(33)18-12-17-27-37-28(24-13-8-6-9-14-24)29(42-27)25-15-10-7-11-16-25/h6-11,13-16,21-23,34H,12,17-20,33H2,1-5H3,(H2,35,36,38,39,40)/b26-21-. The van der Waals surface area contributed by atoms with Crippen LogP contribution in [0.1, 0.15) is 45.8 Å². The van der Waals surface area contributed by atoms with Crippen LogP contribution < -0.4 is 21.8 Å². The zero-order chi connectivity index (χ0) is 29.9. The van der Waals surface area contributed by atoms with E-state index in [0.717, 1.165) is 42.1 Å². The molecule has 2 heterocycles. The van der Waals surface area contributed by atoms with E-state index in [0.29, 0.717) is 54.1 Å². The van der Waals surface area contributed by atoms with Gasteiger partial charge in [-0.2, -0.15) is 15.0 Å². The summed E-state index contributed by atoms with van der Waals surface area (Å²) >= 11 is 0. The molecule has 0 fully saturated rings. The summed E-state index contributed by atoms with van der Waals surface area (Å²) < 4.78 is 6.28. The molecule has 0 atom stereocenters. The van der Waals surface area contributed by atoms with E-state index in [4.69, 9.17) is 15.2 Å². The van der Waals surface area contributed by atoms with E-state index in [1.165, 1.54) is 0 Å². The normalized spacial score (nSPS) is 11.7. The highest BCUT2D eigenvalue weighted by Gasteiger charge is 2.17. The Morgan fingerprint density at radius 2 is 1.40 bits per heavy atom. The number of hydrogen-bond acceptors (Lipinski definition) is 10. The molecule has 0 bridgehead atoms. The van der Waals surface area contributed by atoms with Crippen molar-refractivity contribution in [1.29, 1.82) is 0 Å². The third kappa shape index (κ3) is 8.78. The zero-order valence-corrected chi connectivity index (χ0v) is 25.3. The quantitative estimate of drug-likeness (QED) is 0.105. The van der Waals surface area contributed by atoms with Crippen LogP contribution in [-0.2, 0) is 6.42 Å². The minimum Gasteiger partial charge on any atom is -0.440 e. The second kappa shape index (κ2) is 15.0. The van der Waals surface area contributed by atoms with Crippen LogP contribution in [0.4, 0.5) is 11.9 Å². The fourth-order valence-corrected chi connectivity index (χ4v) is 4.17. The van der Waals surface area contributed by atoms with Crippen molar-refractivity contribution in [3.8, 4) is 22.6 Å². The van der Waals surface area contributed by atoms with Gasteiger partial charge in [0.1, 0.15) is 5.69 Å². The van der Waals surface area contributed by atoms with Gasteiger partial charge >= 0.3 is 0 Å². The number of rotatable bonds is 15. The minimum atomic E-state index is 0.451. The van der Waals surface area contributed by atoms with Gasteiger partial charge in [0.05, 0.1) is 5.70 Å². The van der Waals surface area contributed by atoms with E-state index in [1.54, 1.807) is 5.01 Å². The molecule has 0 aliphatic carbocycles. The molecule has 222 valence electrons. The number of nitrogens with zero attached hydrogens (tertiary/aromatic N) is 5. The van der Waals surface area contributed by atoms with Crippen molar-refractivity contribution in [2.75, 3.05) is 37.3 Å². The summed E-state index contributed by atoms with van der Waals surface area (Å²) in [4.78, 5) is 18.7. The molecule has 4 aromatic rings. The monoisotopic (exact) mass is 569 g/mol.